The minimum atomic E-state index is 0. The number of nitrogens with zero attached hydrogens (tertiary/aromatic N) is 1. The fourth-order valence-electron chi connectivity index (χ4n) is 6.09. The van der Waals surface area contributed by atoms with E-state index < -0.39 is 0 Å². The van der Waals surface area contributed by atoms with E-state index >= 15 is 0 Å². The number of hydrogen-bond acceptors (Lipinski definition) is 3. The van der Waals surface area contributed by atoms with Crippen LogP contribution in [0.25, 0.3) is 43.6 Å². The molecule has 1 aromatic heterocycles. The second-order valence-corrected chi connectivity index (χ2v) is 12.9. The fraction of sp³-hybridized carbons (Fsp3) is 0.366. The van der Waals surface area contributed by atoms with Crippen molar-refractivity contribution in [3.8, 4) is 11.3 Å². The van der Waals surface area contributed by atoms with Gasteiger partial charge in [0.25, 0.3) is 0 Å². The first kappa shape index (κ1) is 36.1. The molecule has 0 unspecified atom stereocenters. The van der Waals surface area contributed by atoms with Crippen molar-refractivity contribution in [2.24, 2.45) is 11.8 Å². The van der Waals surface area contributed by atoms with Crippen molar-refractivity contribution in [1.82, 2.24) is 4.98 Å². The molecule has 0 fully saturated rings. The van der Waals surface area contributed by atoms with Gasteiger partial charge < -0.3 is 5.11 Å². The van der Waals surface area contributed by atoms with E-state index in [1.807, 2.05) is 33.9 Å². The molecular formula is C41H48IrNO2-. The zero-order valence-corrected chi connectivity index (χ0v) is 30.5. The van der Waals surface area contributed by atoms with Gasteiger partial charge in [-0.25, -0.2) is 0 Å². The quantitative estimate of drug-likeness (QED) is 0.0739. The van der Waals surface area contributed by atoms with Crippen molar-refractivity contribution >= 4 is 38.1 Å². The Kier molecular flexibility index (Phi) is 12.7. The number of aliphatic hydroxyl groups is 1. The molecule has 0 bridgehead atoms. The number of fused-ring (bicyclic) bond motifs is 4. The molecule has 3 nitrogen and oxygen atoms in total. The summed E-state index contributed by atoms with van der Waals surface area (Å²) < 4.78 is 0. The van der Waals surface area contributed by atoms with Crippen LogP contribution in [-0.4, -0.2) is 15.9 Å². The van der Waals surface area contributed by atoms with Crippen LogP contribution < -0.4 is 0 Å². The molecule has 5 rings (SSSR count). The summed E-state index contributed by atoms with van der Waals surface area (Å²) in [4.78, 5) is 16.5. The standard InChI is InChI=1S/C28H24N.C13H24O2.Ir/c1-18-9-11-22-20(15-18)10-12-25-24(22)13-14-29-27(25)21-16-19-7-5-6-8-23(19)26(17-21)28(2,3)4;1-5-10(6-2)12(14)9-13(15)11(7-3)8-4;/h5-15,17H,1-4H3;9-11,14H,5-8H2,1-4H3;/q-1;;/b;12-9-;. The summed E-state index contributed by atoms with van der Waals surface area (Å²) in [7, 11) is 0. The number of allylic oxidation sites excluding steroid dienone is 2. The molecule has 5 aromatic rings. The Hall–Kier alpha value is -3.33. The fourth-order valence-corrected chi connectivity index (χ4v) is 6.09. The van der Waals surface area contributed by atoms with Crippen LogP contribution in [0.3, 0.4) is 0 Å². The number of hydrogen-bond donors (Lipinski definition) is 1. The van der Waals surface area contributed by atoms with E-state index in [9.17, 15) is 9.90 Å². The predicted molar refractivity (Wildman–Crippen MR) is 188 cm³/mol. The molecule has 0 saturated carbocycles. The third-order valence-electron chi connectivity index (χ3n) is 8.84. The second kappa shape index (κ2) is 15.8. The molecule has 0 spiro atoms. The van der Waals surface area contributed by atoms with Gasteiger partial charge in [-0.15, -0.1) is 29.1 Å². The van der Waals surface area contributed by atoms with Crippen LogP contribution >= 0.6 is 0 Å². The van der Waals surface area contributed by atoms with Crippen molar-refractivity contribution in [2.45, 2.75) is 86.5 Å². The zero-order valence-electron chi connectivity index (χ0n) is 28.1. The molecule has 0 aliphatic rings. The maximum absolute atomic E-state index is 11.7. The molecule has 0 atom stereocenters. The summed E-state index contributed by atoms with van der Waals surface area (Å²) >= 11 is 0. The van der Waals surface area contributed by atoms with Gasteiger partial charge in [0.15, 0.2) is 5.78 Å². The van der Waals surface area contributed by atoms with Gasteiger partial charge in [-0.3, -0.25) is 9.78 Å². The largest absolute Gasteiger partial charge is 0.512 e. The molecule has 0 aliphatic carbocycles. The number of aromatic nitrogens is 1. The number of carbonyl (C=O) groups is 1. The van der Waals surface area contributed by atoms with Gasteiger partial charge in [0.2, 0.25) is 0 Å². The number of pyridine rings is 1. The van der Waals surface area contributed by atoms with E-state index in [1.165, 1.54) is 44.1 Å². The summed E-state index contributed by atoms with van der Waals surface area (Å²) in [5.74, 6) is 0.547. The Balaban J connectivity index is 0.000000297. The van der Waals surface area contributed by atoms with Gasteiger partial charge in [0.05, 0.1) is 5.76 Å². The van der Waals surface area contributed by atoms with Crippen molar-refractivity contribution in [1.29, 1.82) is 0 Å². The summed E-state index contributed by atoms with van der Waals surface area (Å²) in [5.41, 5.74) is 4.71. The molecule has 45 heavy (non-hydrogen) atoms. The molecule has 0 aliphatic heterocycles. The zero-order chi connectivity index (χ0) is 32.0. The summed E-state index contributed by atoms with van der Waals surface area (Å²) in [6.45, 7) is 17.0. The topological polar surface area (TPSA) is 50.2 Å². The normalized spacial score (nSPS) is 12.0. The van der Waals surface area contributed by atoms with Crippen LogP contribution in [0.2, 0.25) is 0 Å². The third-order valence-corrected chi connectivity index (χ3v) is 8.84. The van der Waals surface area contributed by atoms with E-state index in [1.54, 1.807) is 0 Å². The Morgan fingerprint density at radius 3 is 2.11 bits per heavy atom. The van der Waals surface area contributed by atoms with Crippen molar-refractivity contribution in [2.75, 3.05) is 0 Å². The Morgan fingerprint density at radius 1 is 0.822 bits per heavy atom. The molecule has 4 aromatic carbocycles. The first-order valence-corrected chi connectivity index (χ1v) is 16.2. The summed E-state index contributed by atoms with van der Waals surface area (Å²) in [5, 5.41) is 17.1. The minimum Gasteiger partial charge on any atom is -0.512 e. The average molecular weight is 779 g/mol. The summed E-state index contributed by atoms with van der Waals surface area (Å²) in [6.07, 6.45) is 6.83. The maximum atomic E-state index is 11.7. The molecule has 0 saturated heterocycles. The first-order valence-electron chi connectivity index (χ1n) is 16.2. The number of aryl methyl sites for hydroxylation is 1. The van der Waals surface area contributed by atoms with Crippen molar-refractivity contribution < 1.29 is 30.0 Å². The van der Waals surface area contributed by atoms with Crippen molar-refractivity contribution in [3.05, 3.63) is 102 Å². The number of aliphatic hydroxyl groups excluding tert-OH is 1. The van der Waals surface area contributed by atoms with E-state index in [-0.39, 0.29) is 48.9 Å². The van der Waals surface area contributed by atoms with E-state index in [2.05, 4.69) is 100 Å². The van der Waals surface area contributed by atoms with Gasteiger partial charge in [0, 0.05) is 49.9 Å². The van der Waals surface area contributed by atoms with Crippen LogP contribution in [0, 0.1) is 24.8 Å². The number of ketones is 1. The van der Waals surface area contributed by atoms with Gasteiger partial charge >= 0.3 is 0 Å². The van der Waals surface area contributed by atoms with Gasteiger partial charge in [-0.2, -0.15) is 0 Å². The van der Waals surface area contributed by atoms with Crippen LogP contribution in [-0.2, 0) is 30.3 Å². The predicted octanol–water partition coefficient (Wildman–Crippen LogP) is 11.5. The number of benzene rings is 4. The smallest absolute Gasteiger partial charge is 0.162 e. The molecule has 1 N–H and O–H groups in total. The van der Waals surface area contributed by atoms with E-state index in [0.717, 1.165) is 42.3 Å². The monoisotopic (exact) mass is 779 g/mol. The summed E-state index contributed by atoms with van der Waals surface area (Å²) in [6, 6.07) is 27.7. The SMILES string of the molecule is CCC(CC)C(=O)/C=C(\O)C(CC)CC.Cc1ccc2c(ccc3c(-c4[c-]c5ccccc5c(C(C)(C)C)c4)nccc32)c1.[Ir]. The Morgan fingerprint density at radius 2 is 1.47 bits per heavy atom. The Labute approximate surface area is 283 Å². The Bertz CT molecular complexity index is 1790. The van der Waals surface area contributed by atoms with Crippen LogP contribution in [0.4, 0.5) is 0 Å². The van der Waals surface area contributed by atoms with Gasteiger partial charge in [-0.1, -0.05) is 114 Å². The van der Waals surface area contributed by atoms with E-state index in [4.69, 9.17) is 4.98 Å². The van der Waals surface area contributed by atoms with Crippen molar-refractivity contribution in [3.63, 3.8) is 0 Å². The molecule has 1 radical (unpaired) electrons. The molecule has 4 heteroatoms. The van der Waals surface area contributed by atoms with Crippen LogP contribution in [0.1, 0.15) is 85.3 Å². The molecular weight excluding hydrogens is 731 g/mol. The molecule has 239 valence electrons. The van der Waals surface area contributed by atoms with Gasteiger partial charge in [-0.05, 0) is 65.6 Å². The number of rotatable bonds is 8. The third kappa shape index (κ3) is 8.29. The maximum Gasteiger partial charge on any atom is 0.162 e. The van der Waals surface area contributed by atoms with Crippen LogP contribution in [0.5, 0.6) is 0 Å². The van der Waals surface area contributed by atoms with Crippen LogP contribution in [0.15, 0.2) is 84.8 Å². The van der Waals surface area contributed by atoms with Gasteiger partial charge in [0.1, 0.15) is 0 Å². The first-order chi connectivity index (χ1) is 21.0. The average Bonchev–Trinajstić information content (AvgIpc) is 3.01. The molecule has 1 heterocycles. The second-order valence-electron chi connectivity index (χ2n) is 12.9. The number of carbonyl (C=O) groups excluding carboxylic acids is 1. The molecule has 0 amide bonds. The minimum absolute atomic E-state index is 0. The van der Waals surface area contributed by atoms with E-state index in [0.29, 0.717) is 0 Å².